The van der Waals surface area contributed by atoms with Crippen molar-refractivity contribution in [2.75, 3.05) is 19.8 Å². The van der Waals surface area contributed by atoms with E-state index in [1.54, 1.807) is 0 Å². The van der Waals surface area contributed by atoms with E-state index in [1.165, 1.54) is 5.56 Å². The molecular formula is C10H15NO2. The van der Waals surface area contributed by atoms with E-state index in [0.29, 0.717) is 6.54 Å². The Morgan fingerprint density at radius 1 is 1.31 bits per heavy atom. The van der Waals surface area contributed by atoms with Crippen LogP contribution in [0.5, 0.6) is 0 Å². The zero-order valence-corrected chi connectivity index (χ0v) is 7.71. The molecule has 2 N–H and O–H groups in total. The molecule has 13 heavy (non-hydrogen) atoms. The minimum Gasteiger partial charge on any atom is -0.466 e. The highest BCUT2D eigenvalue weighted by Gasteiger charge is 2.13. The Morgan fingerprint density at radius 2 is 2.15 bits per heavy atom. The SMILES string of the molecule is NCCc1cc2c(o1)CCOCC2. The number of hydrogen-bond donors (Lipinski definition) is 1. The molecule has 72 valence electrons. The zero-order chi connectivity index (χ0) is 9.10. The summed E-state index contributed by atoms with van der Waals surface area (Å²) < 4.78 is 11.0. The molecule has 0 saturated heterocycles. The molecule has 0 unspecified atom stereocenters. The lowest BCUT2D eigenvalue weighted by Crippen LogP contribution is -2.01. The van der Waals surface area contributed by atoms with Gasteiger partial charge in [-0.05, 0) is 24.6 Å². The van der Waals surface area contributed by atoms with Crippen molar-refractivity contribution in [1.82, 2.24) is 0 Å². The van der Waals surface area contributed by atoms with Crippen molar-refractivity contribution in [3.8, 4) is 0 Å². The molecule has 3 nitrogen and oxygen atoms in total. The van der Waals surface area contributed by atoms with E-state index in [1.807, 2.05) is 0 Å². The van der Waals surface area contributed by atoms with E-state index in [4.69, 9.17) is 14.9 Å². The van der Waals surface area contributed by atoms with Crippen LogP contribution in [0.15, 0.2) is 10.5 Å². The van der Waals surface area contributed by atoms with Gasteiger partial charge in [0.2, 0.25) is 0 Å². The monoisotopic (exact) mass is 181 g/mol. The van der Waals surface area contributed by atoms with E-state index in [-0.39, 0.29) is 0 Å². The molecule has 0 fully saturated rings. The topological polar surface area (TPSA) is 48.4 Å². The summed E-state index contributed by atoms with van der Waals surface area (Å²) in [5.74, 6) is 2.12. The van der Waals surface area contributed by atoms with Crippen LogP contribution in [0.3, 0.4) is 0 Å². The Morgan fingerprint density at radius 3 is 3.00 bits per heavy atom. The number of rotatable bonds is 2. The average molecular weight is 181 g/mol. The molecule has 1 aromatic rings. The lowest BCUT2D eigenvalue weighted by molar-refractivity contribution is 0.144. The van der Waals surface area contributed by atoms with Crippen LogP contribution in [-0.2, 0) is 24.0 Å². The van der Waals surface area contributed by atoms with E-state index >= 15 is 0 Å². The van der Waals surface area contributed by atoms with Gasteiger partial charge in [0.1, 0.15) is 11.5 Å². The smallest absolute Gasteiger partial charge is 0.109 e. The third kappa shape index (κ3) is 1.92. The molecule has 0 amide bonds. The van der Waals surface area contributed by atoms with E-state index in [9.17, 15) is 0 Å². The van der Waals surface area contributed by atoms with Crippen LogP contribution in [0.1, 0.15) is 17.1 Å². The molecular weight excluding hydrogens is 166 g/mol. The second kappa shape index (κ2) is 3.94. The first-order valence-corrected chi connectivity index (χ1v) is 4.78. The van der Waals surface area contributed by atoms with Crippen molar-refractivity contribution in [2.24, 2.45) is 5.73 Å². The van der Waals surface area contributed by atoms with Crippen LogP contribution in [0, 0.1) is 0 Å². The molecule has 1 aliphatic heterocycles. The van der Waals surface area contributed by atoms with E-state index in [0.717, 1.165) is 44.0 Å². The van der Waals surface area contributed by atoms with Crippen LogP contribution in [-0.4, -0.2) is 19.8 Å². The van der Waals surface area contributed by atoms with Gasteiger partial charge in [0.15, 0.2) is 0 Å². The second-order valence-corrected chi connectivity index (χ2v) is 3.31. The minimum absolute atomic E-state index is 0.656. The number of nitrogens with two attached hydrogens (primary N) is 1. The van der Waals surface area contributed by atoms with Gasteiger partial charge in [-0.2, -0.15) is 0 Å². The predicted octanol–water partition coefficient (Wildman–Crippen LogP) is 0.896. The van der Waals surface area contributed by atoms with Crippen LogP contribution < -0.4 is 5.73 Å². The van der Waals surface area contributed by atoms with Gasteiger partial charge in [-0.3, -0.25) is 0 Å². The standard InChI is InChI=1S/C10H15NO2/c11-4-1-9-7-8-2-5-12-6-3-10(8)13-9/h7H,1-6,11H2. The fourth-order valence-electron chi connectivity index (χ4n) is 1.67. The Labute approximate surface area is 77.9 Å². The second-order valence-electron chi connectivity index (χ2n) is 3.31. The van der Waals surface area contributed by atoms with Crippen molar-refractivity contribution in [1.29, 1.82) is 0 Å². The molecule has 2 rings (SSSR count). The summed E-state index contributed by atoms with van der Waals surface area (Å²) in [7, 11) is 0. The number of fused-ring (bicyclic) bond motifs is 1. The maximum Gasteiger partial charge on any atom is 0.109 e. The van der Waals surface area contributed by atoms with Crippen LogP contribution in [0.2, 0.25) is 0 Å². The van der Waals surface area contributed by atoms with Crippen LogP contribution in [0.4, 0.5) is 0 Å². The van der Waals surface area contributed by atoms with Gasteiger partial charge in [0, 0.05) is 12.8 Å². The summed E-state index contributed by atoms with van der Waals surface area (Å²) in [6, 6.07) is 2.12. The maximum atomic E-state index is 5.67. The summed E-state index contributed by atoms with van der Waals surface area (Å²) in [6.45, 7) is 2.25. The first-order chi connectivity index (χ1) is 6.40. The summed E-state index contributed by atoms with van der Waals surface area (Å²) in [6.07, 6.45) is 2.72. The summed E-state index contributed by atoms with van der Waals surface area (Å²) in [5, 5.41) is 0. The van der Waals surface area contributed by atoms with Crippen LogP contribution in [0.25, 0.3) is 0 Å². The van der Waals surface area contributed by atoms with Crippen LogP contribution >= 0.6 is 0 Å². The summed E-state index contributed by atoms with van der Waals surface area (Å²) >= 11 is 0. The van der Waals surface area contributed by atoms with E-state index < -0.39 is 0 Å². The summed E-state index contributed by atoms with van der Waals surface area (Å²) in [5.41, 5.74) is 6.77. The normalized spacial score (nSPS) is 16.7. The molecule has 0 bridgehead atoms. The first-order valence-electron chi connectivity index (χ1n) is 4.78. The lowest BCUT2D eigenvalue weighted by Gasteiger charge is -1.95. The van der Waals surface area contributed by atoms with Crippen molar-refractivity contribution in [3.05, 3.63) is 23.2 Å². The van der Waals surface area contributed by atoms with Crippen molar-refractivity contribution in [3.63, 3.8) is 0 Å². The Kier molecular flexibility index (Phi) is 2.66. The van der Waals surface area contributed by atoms with Gasteiger partial charge < -0.3 is 14.9 Å². The Balaban J connectivity index is 2.17. The highest BCUT2D eigenvalue weighted by Crippen LogP contribution is 2.19. The zero-order valence-electron chi connectivity index (χ0n) is 7.71. The van der Waals surface area contributed by atoms with Crippen molar-refractivity contribution in [2.45, 2.75) is 19.3 Å². The molecule has 2 heterocycles. The quantitative estimate of drug-likeness (QED) is 0.737. The molecule has 0 saturated carbocycles. The predicted molar refractivity (Wildman–Crippen MR) is 49.7 cm³/mol. The molecule has 1 aliphatic rings. The molecule has 0 atom stereocenters. The van der Waals surface area contributed by atoms with Gasteiger partial charge in [0.05, 0.1) is 13.2 Å². The lowest BCUT2D eigenvalue weighted by atomic mass is 10.1. The van der Waals surface area contributed by atoms with Gasteiger partial charge in [-0.1, -0.05) is 0 Å². The van der Waals surface area contributed by atoms with Gasteiger partial charge in [-0.25, -0.2) is 0 Å². The van der Waals surface area contributed by atoms with Gasteiger partial charge >= 0.3 is 0 Å². The highest BCUT2D eigenvalue weighted by atomic mass is 16.5. The van der Waals surface area contributed by atoms with Gasteiger partial charge in [-0.15, -0.1) is 0 Å². The Hall–Kier alpha value is -0.800. The molecule has 0 aromatic carbocycles. The van der Waals surface area contributed by atoms with Crippen molar-refractivity contribution >= 4 is 0 Å². The number of furan rings is 1. The average Bonchev–Trinajstić information content (AvgIpc) is 2.37. The molecule has 0 spiro atoms. The molecule has 0 radical (unpaired) electrons. The summed E-state index contributed by atoms with van der Waals surface area (Å²) in [4.78, 5) is 0. The molecule has 1 aromatic heterocycles. The third-order valence-corrected chi connectivity index (χ3v) is 2.33. The number of hydrogen-bond acceptors (Lipinski definition) is 3. The third-order valence-electron chi connectivity index (χ3n) is 2.33. The minimum atomic E-state index is 0.656. The fraction of sp³-hybridized carbons (Fsp3) is 0.600. The largest absolute Gasteiger partial charge is 0.466 e. The Bertz CT molecular complexity index is 257. The number of ether oxygens (including phenoxy) is 1. The molecule has 3 heteroatoms. The highest BCUT2D eigenvalue weighted by molar-refractivity contribution is 5.23. The van der Waals surface area contributed by atoms with E-state index in [2.05, 4.69) is 6.07 Å². The fourth-order valence-corrected chi connectivity index (χ4v) is 1.67. The van der Waals surface area contributed by atoms with Gasteiger partial charge in [0.25, 0.3) is 0 Å². The maximum absolute atomic E-state index is 5.67. The molecule has 0 aliphatic carbocycles. The first kappa shape index (κ1) is 8.78. The van der Waals surface area contributed by atoms with Crippen molar-refractivity contribution < 1.29 is 9.15 Å².